The van der Waals surface area contributed by atoms with Crippen molar-refractivity contribution in [2.75, 3.05) is 20.3 Å². The smallest absolute Gasteiger partial charge is 0.410 e. The minimum absolute atomic E-state index is 0.0126. The van der Waals surface area contributed by atoms with Crippen molar-refractivity contribution in [2.45, 2.75) is 82.0 Å². The molecule has 1 aliphatic heterocycles. The van der Waals surface area contributed by atoms with Crippen molar-refractivity contribution < 1.29 is 18.7 Å². The van der Waals surface area contributed by atoms with E-state index in [1.54, 1.807) is 0 Å². The number of carbonyl (C=O) groups excluding carboxylic acids is 1. The fraction of sp³-hybridized carbons (Fsp3) is 0.773. The number of rotatable bonds is 7. The van der Waals surface area contributed by atoms with E-state index < -0.39 is 5.82 Å². The molecule has 4 rings (SSSR count). The van der Waals surface area contributed by atoms with E-state index in [9.17, 15) is 9.18 Å². The average molecular weight is 421 g/mol. The maximum Gasteiger partial charge on any atom is 0.410 e. The maximum atomic E-state index is 13.2. The van der Waals surface area contributed by atoms with Crippen molar-refractivity contribution in [1.82, 2.24) is 20.2 Å². The van der Waals surface area contributed by atoms with Crippen molar-refractivity contribution in [3.05, 3.63) is 24.0 Å². The highest BCUT2D eigenvalue weighted by atomic mass is 19.1. The van der Waals surface area contributed by atoms with Gasteiger partial charge in [0.1, 0.15) is 5.82 Å². The Kier molecular flexibility index (Phi) is 6.25. The lowest BCUT2D eigenvalue weighted by Gasteiger charge is -2.32. The highest BCUT2D eigenvalue weighted by Crippen LogP contribution is 2.61. The van der Waals surface area contributed by atoms with Gasteiger partial charge in [-0.1, -0.05) is 6.92 Å². The molecule has 1 N–H and O–H groups in total. The van der Waals surface area contributed by atoms with Gasteiger partial charge in [-0.3, -0.25) is 4.90 Å². The Bertz CT molecular complexity index is 748. The molecule has 6 atom stereocenters. The van der Waals surface area contributed by atoms with Gasteiger partial charge < -0.3 is 14.8 Å². The Balaban J connectivity index is 1.35. The first kappa shape index (κ1) is 21.4. The monoisotopic (exact) mass is 420 g/mol. The second kappa shape index (κ2) is 8.75. The van der Waals surface area contributed by atoms with Gasteiger partial charge in [0.25, 0.3) is 0 Å². The third-order valence-corrected chi connectivity index (χ3v) is 7.19. The Hall–Kier alpha value is -1.80. The van der Waals surface area contributed by atoms with Crippen LogP contribution in [0.5, 0.6) is 0 Å². The molecule has 0 aromatic carbocycles. The summed E-state index contributed by atoms with van der Waals surface area (Å²) in [6.07, 6.45) is 8.29. The molecule has 2 saturated carbocycles. The van der Waals surface area contributed by atoms with Crippen LogP contribution in [0.3, 0.4) is 0 Å². The Morgan fingerprint density at radius 1 is 1.37 bits per heavy atom. The second-order valence-electron chi connectivity index (χ2n) is 9.10. The number of halogens is 1. The maximum absolute atomic E-state index is 13.2. The first-order valence-corrected chi connectivity index (χ1v) is 11.2. The standard InChI is InChI=1S/C22H33FN4O3/c1-4-7-24-18-8-14(2)27(21(28)29-3)19(18)13-30-17-5-6-22(10-15(22)9-17)20-25-11-16(23)12-26-20/h11-12,14-15,17-19,24H,4-10,13H2,1-3H3/t14-,15+,17-,18+,19+,22+/m1/s1. The first-order chi connectivity index (χ1) is 14.5. The molecule has 3 fully saturated rings. The third kappa shape index (κ3) is 4.04. The lowest BCUT2D eigenvalue weighted by molar-refractivity contribution is -0.0112. The molecule has 2 heterocycles. The van der Waals surface area contributed by atoms with Crippen molar-refractivity contribution in [3.8, 4) is 0 Å². The van der Waals surface area contributed by atoms with Gasteiger partial charge in [-0.25, -0.2) is 19.2 Å². The number of likely N-dealkylation sites (tertiary alicyclic amines) is 1. The van der Waals surface area contributed by atoms with E-state index in [1.165, 1.54) is 19.5 Å². The zero-order chi connectivity index (χ0) is 21.3. The summed E-state index contributed by atoms with van der Waals surface area (Å²) in [5.74, 6) is 0.879. The average Bonchev–Trinajstić information content (AvgIpc) is 3.40. The van der Waals surface area contributed by atoms with Gasteiger partial charge >= 0.3 is 6.09 Å². The van der Waals surface area contributed by atoms with Crippen LogP contribution in [0, 0.1) is 11.7 Å². The van der Waals surface area contributed by atoms with Crippen LogP contribution >= 0.6 is 0 Å². The minimum atomic E-state index is -0.392. The van der Waals surface area contributed by atoms with Crippen LogP contribution in [0.15, 0.2) is 12.4 Å². The zero-order valence-electron chi connectivity index (χ0n) is 18.1. The molecule has 1 aromatic rings. The molecule has 1 saturated heterocycles. The topological polar surface area (TPSA) is 76.6 Å². The number of amides is 1. The fourth-order valence-electron chi connectivity index (χ4n) is 5.52. The van der Waals surface area contributed by atoms with Gasteiger partial charge in [-0.15, -0.1) is 0 Å². The summed E-state index contributed by atoms with van der Waals surface area (Å²) in [6, 6.07) is 0.319. The predicted molar refractivity (Wildman–Crippen MR) is 110 cm³/mol. The van der Waals surface area contributed by atoms with Crippen LogP contribution in [0.25, 0.3) is 0 Å². The molecule has 1 amide bonds. The molecule has 1 aromatic heterocycles. The molecular formula is C22H33FN4O3. The van der Waals surface area contributed by atoms with Gasteiger partial charge in [0.2, 0.25) is 0 Å². The number of carbonyl (C=O) groups is 1. The van der Waals surface area contributed by atoms with Crippen LogP contribution in [0.4, 0.5) is 9.18 Å². The quantitative estimate of drug-likeness (QED) is 0.731. The van der Waals surface area contributed by atoms with Gasteiger partial charge in [0, 0.05) is 17.5 Å². The van der Waals surface area contributed by atoms with Crippen molar-refractivity contribution in [2.24, 2.45) is 5.92 Å². The minimum Gasteiger partial charge on any atom is -0.453 e. The van der Waals surface area contributed by atoms with E-state index in [1.807, 2.05) is 4.90 Å². The molecule has 0 radical (unpaired) electrons. The number of fused-ring (bicyclic) bond motifs is 1. The summed E-state index contributed by atoms with van der Waals surface area (Å²) in [5, 5.41) is 3.58. The summed E-state index contributed by atoms with van der Waals surface area (Å²) in [5.41, 5.74) is 0.0126. The molecule has 0 bridgehead atoms. The summed E-state index contributed by atoms with van der Waals surface area (Å²) in [4.78, 5) is 22.7. The van der Waals surface area contributed by atoms with E-state index in [0.717, 1.165) is 50.9 Å². The SMILES string of the molecule is CCCN[C@H]1C[C@@H](C)N(C(=O)OC)[C@H]1CO[C@@H]1CC[C@]2(c3ncc(F)cn3)C[C@@H]2C1. The third-order valence-electron chi connectivity index (χ3n) is 7.19. The summed E-state index contributed by atoms with van der Waals surface area (Å²) in [7, 11) is 1.44. The number of aromatic nitrogens is 2. The van der Waals surface area contributed by atoms with E-state index in [2.05, 4.69) is 29.1 Å². The molecule has 3 aliphatic rings. The van der Waals surface area contributed by atoms with E-state index >= 15 is 0 Å². The van der Waals surface area contributed by atoms with Crippen molar-refractivity contribution >= 4 is 6.09 Å². The normalized spacial score (nSPS) is 35.2. The number of hydrogen-bond donors (Lipinski definition) is 1. The lowest BCUT2D eigenvalue weighted by atomic mass is 9.86. The number of methoxy groups -OCH3 is 1. The molecule has 8 heteroatoms. The van der Waals surface area contributed by atoms with Crippen LogP contribution < -0.4 is 5.32 Å². The number of nitrogens with one attached hydrogen (secondary N) is 1. The lowest BCUT2D eigenvalue weighted by Crippen LogP contribution is -2.49. The van der Waals surface area contributed by atoms with E-state index in [0.29, 0.717) is 12.5 Å². The van der Waals surface area contributed by atoms with E-state index in [-0.39, 0.29) is 35.7 Å². The summed E-state index contributed by atoms with van der Waals surface area (Å²) >= 11 is 0. The molecule has 2 aliphatic carbocycles. The van der Waals surface area contributed by atoms with Crippen molar-refractivity contribution in [1.29, 1.82) is 0 Å². The highest BCUT2D eigenvalue weighted by molar-refractivity contribution is 5.69. The van der Waals surface area contributed by atoms with Crippen molar-refractivity contribution in [3.63, 3.8) is 0 Å². The number of ether oxygens (including phenoxy) is 2. The molecule has 0 unspecified atom stereocenters. The molecule has 30 heavy (non-hydrogen) atoms. The summed E-state index contributed by atoms with van der Waals surface area (Å²) in [6.45, 7) is 5.65. The molecule has 7 nitrogen and oxygen atoms in total. The zero-order valence-corrected chi connectivity index (χ0v) is 18.1. The van der Waals surface area contributed by atoms with Gasteiger partial charge in [0.05, 0.1) is 38.3 Å². The highest BCUT2D eigenvalue weighted by Gasteiger charge is 2.60. The molecular weight excluding hydrogens is 387 g/mol. The predicted octanol–water partition coefficient (Wildman–Crippen LogP) is 3.04. The summed E-state index contributed by atoms with van der Waals surface area (Å²) < 4.78 is 24.6. The van der Waals surface area contributed by atoms with Crippen LogP contribution in [0.1, 0.15) is 58.2 Å². The van der Waals surface area contributed by atoms with Gasteiger partial charge in [-0.05, 0) is 57.9 Å². The van der Waals surface area contributed by atoms with Gasteiger partial charge in [0.15, 0.2) is 5.82 Å². The van der Waals surface area contributed by atoms with Crippen LogP contribution in [-0.2, 0) is 14.9 Å². The Labute approximate surface area is 177 Å². The van der Waals surface area contributed by atoms with Crippen LogP contribution in [-0.4, -0.2) is 65.5 Å². The Morgan fingerprint density at radius 3 is 2.80 bits per heavy atom. The van der Waals surface area contributed by atoms with Crippen LogP contribution in [0.2, 0.25) is 0 Å². The number of nitrogens with zero attached hydrogens (tertiary/aromatic N) is 3. The fourth-order valence-corrected chi connectivity index (χ4v) is 5.52. The Morgan fingerprint density at radius 2 is 2.13 bits per heavy atom. The van der Waals surface area contributed by atoms with Gasteiger partial charge in [-0.2, -0.15) is 0 Å². The second-order valence-corrected chi connectivity index (χ2v) is 9.10. The molecule has 0 spiro atoms. The first-order valence-electron chi connectivity index (χ1n) is 11.2. The largest absolute Gasteiger partial charge is 0.453 e. The number of hydrogen-bond acceptors (Lipinski definition) is 6. The van der Waals surface area contributed by atoms with E-state index in [4.69, 9.17) is 9.47 Å². The molecule has 166 valence electrons.